The summed E-state index contributed by atoms with van der Waals surface area (Å²) in [4.78, 5) is 25.3. The third kappa shape index (κ3) is 3.87. The molecule has 25 heavy (non-hydrogen) atoms. The fourth-order valence-corrected chi connectivity index (χ4v) is 4.45. The van der Waals surface area contributed by atoms with Crippen LogP contribution in [0.3, 0.4) is 0 Å². The molecule has 2 aromatic rings. The van der Waals surface area contributed by atoms with Crippen LogP contribution in [0.4, 0.5) is 5.00 Å². The van der Waals surface area contributed by atoms with Crippen molar-refractivity contribution in [2.24, 2.45) is 0 Å². The summed E-state index contributed by atoms with van der Waals surface area (Å²) in [5.74, 6) is -1.17. The number of nitrogens with one attached hydrogen (secondary N) is 1. The number of hydrogen-bond acceptors (Lipinski definition) is 5. The van der Waals surface area contributed by atoms with E-state index in [0.29, 0.717) is 15.0 Å². The van der Waals surface area contributed by atoms with E-state index in [-0.39, 0.29) is 10.6 Å². The van der Waals surface area contributed by atoms with Crippen LogP contribution in [0.15, 0.2) is 22.7 Å². The highest BCUT2D eigenvalue weighted by Crippen LogP contribution is 2.38. The van der Waals surface area contributed by atoms with Crippen LogP contribution in [-0.4, -0.2) is 18.5 Å². The number of fused-ring (bicyclic) bond motifs is 1. The summed E-state index contributed by atoms with van der Waals surface area (Å²) in [6.45, 7) is -0.449. The van der Waals surface area contributed by atoms with E-state index in [9.17, 15) is 14.9 Å². The molecular weight excluding hydrogens is 428 g/mol. The largest absolute Gasteiger partial charge is 0.452 e. The van der Waals surface area contributed by atoms with Crippen molar-refractivity contribution in [2.75, 3.05) is 11.9 Å². The number of anilines is 1. The van der Waals surface area contributed by atoms with E-state index in [1.54, 1.807) is 12.1 Å². The highest BCUT2D eigenvalue weighted by atomic mass is 79.9. The van der Waals surface area contributed by atoms with Gasteiger partial charge in [-0.25, -0.2) is 4.79 Å². The van der Waals surface area contributed by atoms with Crippen molar-refractivity contribution in [1.29, 1.82) is 5.26 Å². The maximum Gasteiger partial charge on any atom is 0.340 e. The van der Waals surface area contributed by atoms with Crippen LogP contribution in [0.5, 0.6) is 0 Å². The van der Waals surface area contributed by atoms with Gasteiger partial charge >= 0.3 is 5.97 Å². The molecule has 1 aromatic heterocycles. The van der Waals surface area contributed by atoms with Gasteiger partial charge in [-0.1, -0.05) is 27.5 Å². The number of carbonyl (C=O) groups excluding carboxylic acids is 2. The molecule has 1 heterocycles. The van der Waals surface area contributed by atoms with Crippen molar-refractivity contribution >= 4 is 55.7 Å². The molecule has 0 aliphatic heterocycles. The maximum atomic E-state index is 12.1. The predicted molar refractivity (Wildman–Crippen MR) is 99.1 cm³/mol. The van der Waals surface area contributed by atoms with Gasteiger partial charge in [-0.2, -0.15) is 5.26 Å². The SMILES string of the molecule is N#Cc1c(NC(=O)COC(=O)c2cc(Br)ccc2Cl)sc2c1CCC2. The standard InChI is InChI=1S/C17H12BrClN2O3S/c18-9-4-5-13(19)11(6-9)17(23)24-8-15(22)21-16-12(7-20)10-2-1-3-14(10)25-16/h4-6H,1-3,8H2,(H,21,22). The summed E-state index contributed by atoms with van der Waals surface area (Å²) in [6.07, 6.45) is 2.83. The lowest BCUT2D eigenvalue weighted by Crippen LogP contribution is -2.21. The Morgan fingerprint density at radius 1 is 1.40 bits per heavy atom. The van der Waals surface area contributed by atoms with E-state index in [1.807, 2.05) is 0 Å². The second kappa shape index (κ2) is 7.56. The number of esters is 1. The van der Waals surface area contributed by atoms with Crippen molar-refractivity contribution in [3.63, 3.8) is 0 Å². The summed E-state index contributed by atoms with van der Waals surface area (Å²) in [7, 11) is 0. The van der Waals surface area contributed by atoms with Crippen molar-refractivity contribution in [2.45, 2.75) is 19.3 Å². The minimum absolute atomic E-state index is 0.177. The smallest absolute Gasteiger partial charge is 0.340 e. The Labute approximate surface area is 161 Å². The Balaban J connectivity index is 1.63. The average Bonchev–Trinajstić information content (AvgIpc) is 3.15. The van der Waals surface area contributed by atoms with Gasteiger partial charge in [-0.05, 0) is 43.0 Å². The van der Waals surface area contributed by atoms with Crippen LogP contribution in [0.1, 0.15) is 32.8 Å². The lowest BCUT2D eigenvalue weighted by molar-refractivity contribution is -0.119. The average molecular weight is 440 g/mol. The van der Waals surface area contributed by atoms with Gasteiger partial charge in [0.25, 0.3) is 5.91 Å². The number of rotatable bonds is 4. The molecule has 0 saturated carbocycles. The molecule has 1 amide bonds. The van der Waals surface area contributed by atoms with Gasteiger partial charge in [0.2, 0.25) is 0 Å². The van der Waals surface area contributed by atoms with E-state index >= 15 is 0 Å². The molecule has 0 bridgehead atoms. The first-order chi connectivity index (χ1) is 12.0. The maximum absolute atomic E-state index is 12.1. The van der Waals surface area contributed by atoms with Crippen LogP contribution < -0.4 is 5.32 Å². The second-order valence-corrected chi connectivity index (χ2v) is 7.85. The van der Waals surface area contributed by atoms with Gasteiger partial charge in [0, 0.05) is 9.35 Å². The zero-order valence-corrected chi connectivity index (χ0v) is 16.1. The number of nitrogens with zero attached hydrogens (tertiary/aromatic N) is 1. The van der Waals surface area contributed by atoms with E-state index in [4.69, 9.17) is 16.3 Å². The van der Waals surface area contributed by atoms with Crippen LogP contribution in [0, 0.1) is 11.3 Å². The summed E-state index contributed by atoms with van der Waals surface area (Å²) < 4.78 is 5.69. The molecule has 1 aromatic carbocycles. The number of nitriles is 1. The molecule has 0 radical (unpaired) electrons. The molecule has 128 valence electrons. The predicted octanol–water partition coefficient (Wildman–Crippen LogP) is 4.32. The first-order valence-electron chi connectivity index (χ1n) is 7.46. The lowest BCUT2D eigenvalue weighted by Gasteiger charge is -2.07. The third-order valence-corrected chi connectivity index (χ3v) is 5.80. The summed E-state index contributed by atoms with van der Waals surface area (Å²) in [5, 5.41) is 12.7. The monoisotopic (exact) mass is 438 g/mol. The van der Waals surface area contributed by atoms with E-state index in [2.05, 4.69) is 27.3 Å². The molecule has 0 fully saturated rings. The Bertz CT molecular complexity index is 904. The Morgan fingerprint density at radius 3 is 2.96 bits per heavy atom. The Morgan fingerprint density at radius 2 is 2.20 bits per heavy atom. The Kier molecular flexibility index (Phi) is 5.42. The number of hydrogen-bond donors (Lipinski definition) is 1. The van der Waals surface area contributed by atoms with Crippen LogP contribution in [0.25, 0.3) is 0 Å². The number of benzene rings is 1. The van der Waals surface area contributed by atoms with Gasteiger partial charge in [-0.3, -0.25) is 4.79 Å². The molecule has 0 saturated heterocycles. The van der Waals surface area contributed by atoms with Gasteiger partial charge in [0.05, 0.1) is 16.1 Å². The van der Waals surface area contributed by atoms with Crippen molar-refractivity contribution in [3.8, 4) is 6.07 Å². The van der Waals surface area contributed by atoms with Crippen LogP contribution in [0.2, 0.25) is 5.02 Å². The van der Waals surface area contributed by atoms with Gasteiger partial charge in [-0.15, -0.1) is 11.3 Å². The molecule has 1 aliphatic rings. The number of aryl methyl sites for hydroxylation is 1. The molecular formula is C17H12BrClN2O3S. The summed E-state index contributed by atoms with van der Waals surface area (Å²) in [5.41, 5.74) is 1.73. The molecule has 0 unspecified atom stereocenters. The fourth-order valence-electron chi connectivity index (χ4n) is 2.64. The van der Waals surface area contributed by atoms with E-state index in [1.165, 1.54) is 17.4 Å². The third-order valence-electron chi connectivity index (χ3n) is 3.77. The molecule has 1 aliphatic carbocycles. The minimum atomic E-state index is -0.685. The number of amides is 1. The van der Waals surface area contributed by atoms with Crippen molar-refractivity contribution in [1.82, 2.24) is 0 Å². The highest BCUT2D eigenvalue weighted by molar-refractivity contribution is 9.10. The number of ether oxygens (including phenoxy) is 1. The molecule has 0 spiro atoms. The number of thiophene rings is 1. The van der Waals surface area contributed by atoms with Crippen molar-refractivity contribution < 1.29 is 14.3 Å². The Hall–Kier alpha value is -1.88. The van der Waals surface area contributed by atoms with Gasteiger partial charge in [0.15, 0.2) is 6.61 Å². The second-order valence-electron chi connectivity index (χ2n) is 5.42. The molecule has 5 nitrogen and oxygen atoms in total. The first-order valence-corrected chi connectivity index (χ1v) is 9.45. The van der Waals surface area contributed by atoms with Crippen molar-refractivity contribution in [3.05, 3.63) is 49.3 Å². The van der Waals surface area contributed by atoms with Gasteiger partial charge in [0.1, 0.15) is 11.1 Å². The molecule has 3 rings (SSSR count). The lowest BCUT2D eigenvalue weighted by atomic mass is 10.1. The minimum Gasteiger partial charge on any atom is -0.452 e. The normalized spacial score (nSPS) is 12.4. The van der Waals surface area contributed by atoms with Crippen LogP contribution in [-0.2, 0) is 22.4 Å². The zero-order valence-electron chi connectivity index (χ0n) is 12.9. The van der Waals surface area contributed by atoms with Crippen LogP contribution >= 0.6 is 38.9 Å². The fraction of sp³-hybridized carbons (Fsp3) is 0.235. The number of halogens is 2. The summed E-state index contributed by atoms with van der Waals surface area (Å²) >= 11 is 10.6. The summed E-state index contributed by atoms with van der Waals surface area (Å²) in [6, 6.07) is 6.94. The molecule has 1 N–H and O–H groups in total. The molecule has 8 heteroatoms. The number of carbonyl (C=O) groups is 2. The topological polar surface area (TPSA) is 79.2 Å². The molecule has 0 atom stereocenters. The quantitative estimate of drug-likeness (QED) is 0.720. The van der Waals surface area contributed by atoms with Gasteiger partial charge < -0.3 is 10.1 Å². The highest BCUT2D eigenvalue weighted by Gasteiger charge is 2.23. The van der Waals surface area contributed by atoms with E-state index < -0.39 is 18.5 Å². The van der Waals surface area contributed by atoms with E-state index in [0.717, 1.165) is 29.7 Å². The zero-order chi connectivity index (χ0) is 18.0. The first kappa shape index (κ1) is 17.9.